The number of hydrogen-bond acceptors (Lipinski definition) is 0. The van der Waals surface area contributed by atoms with Gasteiger partial charge < -0.3 is 0 Å². The summed E-state index contributed by atoms with van der Waals surface area (Å²) in [4.78, 5) is 0. The molecule has 0 aliphatic rings. The van der Waals surface area contributed by atoms with Crippen LogP contribution in [-0.2, 0) is 0 Å². The van der Waals surface area contributed by atoms with Gasteiger partial charge in [0.1, 0.15) is 0 Å². The van der Waals surface area contributed by atoms with Crippen LogP contribution < -0.4 is 0 Å². The molecule has 0 N–H and O–H groups in total. The molecular weight excluding hydrogens is 673 g/mol. The van der Waals surface area contributed by atoms with Crippen molar-refractivity contribution in [1.29, 1.82) is 0 Å². The first-order valence-electron chi connectivity index (χ1n) is 19.8. The molecule has 0 unspecified atom stereocenters. The first-order chi connectivity index (χ1) is 27.6. The van der Waals surface area contributed by atoms with Crippen LogP contribution in [0.4, 0.5) is 0 Å². The van der Waals surface area contributed by atoms with Gasteiger partial charge in [0, 0.05) is 0 Å². The van der Waals surface area contributed by atoms with Gasteiger partial charge in [-0.3, -0.25) is 0 Å². The molecule has 56 heavy (non-hydrogen) atoms. The van der Waals surface area contributed by atoms with Crippen LogP contribution in [0.15, 0.2) is 170 Å². The largest absolute Gasteiger partial charge is 0.0622 e. The molecule has 258 valence electrons. The summed E-state index contributed by atoms with van der Waals surface area (Å²) >= 11 is 0. The summed E-state index contributed by atoms with van der Waals surface area (Å²) in [7, 11) is 0. The molecule has 13 aromatic rings. The van der Waals surface area contributed by atoms with Gasteiger partial charge in [-0.25, -0.2) is 0 Å². The Morgan fingerprint density at radius 2 is 0.786 bits per heavy atom. The molecular formula is C56H34. The van der Waals surface area contributed by atoms with Crippen molar-refractivity contribution >= 4 is 97.0 Å². The van der Waals surface area contributed by atoms with Crippen LogP contribution in [0.5, 0.6) is 0 Å². The summed E-state index contributed by atoms with van der Waals surface area (Å²) < 4.78 is 0. The van der Waals surface area contributed by atoms with E-state index in [4.69, 9.17) is 0 Å². The highest BCUT2D eigenvalue weighted by Gasteiger charge is 2.26. The number of benzene rings is 11. The Bertz CT molecular complexity index is 3720. The van der Waals surface area contributed by atoms with E-state index in [1.54, 1.807) is 0 Å². The molecule has 0 heterocycles. The lowest BCUT2D eigenvalue weighted by atomic mass is 9.85. The highest BCUT2D eigenvalue weighted by atomic mass is 14.3. The van der Waals surface area contributed by atoms with Gasteiger partial charge in [0.2, 0.25) is 0 Å². The zero-order valence-electron chi connectivity index (χ0n) is 31.2. The lowest BCUT2D eigenvalue weighted by Gasteiger charge is -2.17. The molecule has 0 atom stereocenters. The molecule has 0 spiro atoms. The molecule has 0 saturated carbocycles. The SMILES string of the molecule is Cc1cccc(C)c1-c1ccc2c3c(-c4ccccc4)c4cc5c(cc4c(-c4ccccc4)c3c3cccc1c23)c1cc2cccc3ccc4ccc5c1c4c32. The third kappa shape index (κ3) is 3.79. The summed E-state index contributed by atoms with van der Waals surface area (Å²) in [5.41, 5.74) is 10.4. The Labute approximate surface area is 323 Å². The molecule has 0 bridgehead atoms. The summed E-state index contributed by atoms with van der Waals surface area (Å²) in [5, 5.41) is 24.0. The third-order valence-electron chi connectivity index (χ3n) is 13.1. The number of hydrogen-bond donors (Lipinski definition) is 0. The fraction of sp³-hybridized carbons (Fsp3) is 0.0357. The quantitative estimate of drug-likeness (QED) is 0.160. The predicted molar refractivity (Wildman–Crippen MR) is 243 cm³/mol. The van der Waals surface area contributed by atoms with Gasteiger partial charge in [-0.2, -0.15) is 0 Å². The Morgan fingerprint density at radius 3 is 1.48 bits per heavy atom. The van der Waals surface area contributed by atoms with Crippen LogP contribution in [0, 0.1) is 13.8 Å². The number of fused-ring (bicyclic) bond motifs is 7. The maximum Gasteiger partial charge on any atom is -0.000740 e. The third-order valence-corrected chi connectivity index (χ3v) is 13.1. The van der Waals surface area contributed by atoms with Crippen LogP contribution in [0.3, 0.4) is 0 Å². The Hall–Kier alpha value is -7.02. The van der Waals surface area contributed by atoms with Crippen LogP contribution >= 0.6 is 0 Å². The lowest BCUT2D eigenvalue weighted by Crippen LogP contribution is -1.90. The Morgan fingerprint density at radius 1 is 0.250 bits per heavy atom. The van der Waals surface area contributed by atoms with Gasteiger partial charge in [0.25, 0.3) is 0 Å². The van der Waals surface area contributed by atoms with Crippen molar-refractivity contribution in [3.63, 3.8) is 0 Å². The minimum absolute atomic E-state index is 1.25. The van der Waals surface area contributed by atoms with E-state index in [1.165, 1.54) is 141 Å². The Kier molecular flexibility index (Phi) is 5.85. The second-order valence-electron chi connectivity index (χ2n) is 16.0. The average molecular weight is 707 g/mol. The fourth-order valence-corrected chi connectivity index (χ4v) is 10.9. The van der Waals surface area contributed by atoms with E-state index in [0.717, 1.165) is 0 Å². The van der Waals surface area contributed by atoms with Crippen molar-refractivity contribution in [2.45, 2.75) is 13.8 Å². The maximum atomic E-state index is 2.55. The highest BCUT2D eigenvalue weighted by molar-refractivity contribution is 6.44. The van der Waals surface area contributed by atoms with Crippen LogP contribution in [-0.4, -0.2) is 0 Å². The number of aryl methyl sites for hydroxylation is 2. The molecule has 0 aliphatic heterocycles. The lowest BCUT2D eigenvalue weighted by molar-refractivity contribution is 1.39. The molecule has 0 saturated heterocycles. The average Bonchev–Trinajstić information content (AvgIpc) is 3.73. The fourth-order valence-electron chi connectivity index (χ4n) is 10.9. The summed E-state index contributed by atoms with van der Waals surface area (Å²) in [6.45, 7) is 4.49. The van der Waals surface area contributed by atoms with E-state index >= 15 is 0 Å². The molecule has 0 heteroatoms. The van der Waals surface area contributed by atoms with Gasteiger partial charge in [-0.1, -0.05) is 152 Å². The highest BCUT2D eigenvalue weighted by Crippen LogP contribution is 2.54. The standard InChI is InChI=1S/C56H34/c1-31-12-9-13-32(2)48(31)39-26-27-42-53-38(39)20-11-21-41(53)55-50(33-14-5-3-6-15-33)47-30-44-43(29-46(47)51(56(42)55)34-16-7-4-8-17-34)40-25-24-36-23-22-35-18-10-19-37-28-45(44)54(40)52(36)49(35)37/h3-30H,1-2H3. The first kappa shape index (κ1) is 30.3. The molecule has 13 rings (SSSR count). The maximum absolute atomic E-state index is 2.55. The monoisotopic (exact) mass is 706 g/mol. The Balaban J connectivity index is 1.29. The molecule has 13 aromatic carbocycles. The molecule has 0 aromatic heterocycles. The smallest absolute Gasteiger partial charge is 0.000740 e. The second-order valence-corrected chi connectivity index (χ2v) is 16.0. The number of rotatable bonds is 3. The van der Waals surface area contributed by atoms with Crippen molar-refractivity contribution < 1.29 is 0 Å². The van der Waals surface area contributed by atoms with E-state index in [9.17, 15) is 0 Å². The van der Waals surface area contributed by atoms with E-state index in [1.807, 2.05) is 0 Å². The van der Waals surface area contributed by atoms with E-state index in [-0.39, 0.29) is 0 Å². The first-order valence-corrected chi connectivity index (χ1v) is 19.8. The van der Waals surface area contributed by atoms with Crippen LogP contribution in [0.1, 0.15) is 11.1 Å². The van der Waals surface area contributed by atoms with Crippen molar-refractivity contribution in [1.82, 2.24) is 0 Å². The van der Waals surface area contributed by atoms with Crippen molar-refractivity contribution in [3.8, 4) is 33.4 Å². The molecule has 0 aliphatic carbocycles. The zero-order valence-corrected chi connectivity index (χ0v) is 31.2. The van der Waals surface area contributed by atoms with E-state index in [2.05, 4.69) is 184 Å². The normalized spacial score (nSPS) is 12.5. The van der Waals surface area contributed by atoms with E-state index < -0.39 is 0 Å². The van der Waals surface area contributed by atoms with Gasteiger partial charge in [0.15, 0.2) is 0 Å². The van der Waals surface area contributed by atoms with Crippen LogP contribution in [0.25, 0.3) is 130 Å². The van der Waals surface area contributed by atoms with Gasteiger partial charge in [0.05, 0.1) is 0 Å². The topological polar surface area (TPSA) is 0 Å². The summed E-state index contributed by atoms with van der Waals surface area (Å²) in [6.07, 6.45) is 0. The van der Waals surface area contributed by atoms with Crippen molar-refractivity contribution in [2.24, 2.45) is 0 Å². The van der Waals surface area contributed by atoms with Gasteiger partial charge >= 0.3 is 0 Å². The molecule has 0 fully saturated rings. The van der Waals surface area contributed by atoms with Crippen molar-refractivity contribution in [3.05, 3.63) is 181 Å². The van der Waals surface area contributed by atoms with Gasteiger partial charge in [-0.15, -0.1) is 0 Å². The summed E-state index contributed by atoms with van der Waals surface area (Å²) in [6, 6.07) is 64.4. The van der Waals surface area contributed by atoms with E-state index in [0.29, 0.717) is 0 Å². The predicted octanol–water partition coefficient (Wildman–Crippen LogP) is 16.0. The van der Waals surface area contributed by atoms with Crippen LogP contribution in [0.2, 0.25) is 0 Å². The van der Waals surface area contributed by atoms with Gasteiger partial charge in [-0.05, 0) is 174 Å². The molecule has 0 nitrogen and oxygen atoms in total. The van der Waals surface area contributed by atoms with Crippen molar-refractivity contribution in [2.75, 3.05) is 0 Å². The zero-order chi connectivity index (χ0) is 36.8. The molecule has 0 radical (unpaired) electrons. The molecule has 0 amide bonds. The minimum atomic E-state index is 1.25. The second kappa shape index (κ2) is 10.8. The minimum Gasteiger partial charge on any atom is -0.0622 e. The summed E-state index contributed by atoms with van der Waals surface area (Å²) in [5.74, 6) is 0.